The second kappa shape index (κ2) is 16.8. The van der Waals surface area contributed by atoms with E-state index in [4.69, 9.17) is 9.47 Å². The van der Waals surface area contributed by atoms with Crippen molar-refractivity contribution >= 4 is 11.9 Å². The molecular weight excluding hydrogens is 304 g/mol. The fourth-order valence-corrected chi connectivity index (χ4v) is 2.50. The van der Waals surface area contributed by atoms with Crippen LogP contribution in [0.1, 0.15) is 104 Å². The van der Waals surface area contributed by atoms with Crippen molar-refractivity contribution in [3.05, 3.63) is 0 Å². The van der Waals surface area contributed by atoms with E-state index in [2.05, 4.69) is 20.8 Å². The van der Waals surface area contributed by atoms with Crippen molar-refractivity contribution in [2.45, 2.75) is 110 Å². The van der Waals surface area contributed by atoms with E-state index in [1.54, 1.807) is 0 Å². The molecule has 0 aliphatic carbocycles. The lowest BCUT2D eigenvalue weighted by atomic mass is 10.1. The van der Waals surface area contributed by atoms with Crippen LogP contribution in [0.2, 0.25) is 0 Å². The maximum atomic E-state index is 11.9. The molecule has 0 N–H and O–H groups in total. The second-order valence-corrected chi connectivity index (χ2v) is 6.56. The molecule has 0 aliphatic heterocycles. The van der Waals surface area contributed by atoms with Crippen molar-refractivity contribution in [2.75, 3.05) is 6.61 Å². The van der Waals surface area contributed by atoms with Gasteiger partial charge in [-0.3, -0.25) is 9.59 Å². The molecule has 142 valence electrons. The Morgan fingerprint density at radius 2 is 1.25 bits per heavy atom. The molecule has 1 unspecified atom stereocenters. The summed E-state index contributed by atoms with van der Waals surface area (Å²) in [4.78, 5) is 23.7. The van der Waals surface area contributed by atoms with Crippen LogP contribution in [0.5, 0.6) is 0 Å². The molecule has 24 heavy (non-hydrogen) atoms. The highest BCUT2D eigenvalue weighted by Crippen LogP contribution is 2.11. The molecule has 0 amide bonds. The number of carbonyl (C=O) groups is 2. The van der Waals surface area contributed by atoms with Crippen LogP contribution in [0, 0.1) is 0 Å². The first-order valence-electron chi connectivity index (χ1n) is 9.99. The van der Waals surface area contributed by atoms with E-state index < -0.39 is 0 Å². The molecule has 0 aromatic rings. The highest BCUT2D eigenvalue weighted by Gasteiger charge is 2.16. The molecule has 0 aromatic carbocycles. The number of rotatable bonds is 16. The van der Waals surface area contributed by atoms with E-state index in [0.29, 0.717) is 12.8 Å². The normalized spacial score (nSPS) is 12.0. The Morgan fingerprint density at radius 3 is 1.79 bits per heavy atom. The average molecular weight is 343 g/mol. The molecule has 4 nitrogen and oxygen atoms in total. The minimum Gasteiger partial charge on any atom is -0.462 e. The fourth-order valence-electron chi connectivity index (χ4n) is 2.50. The molecular formula is C20H38O4. The predicted molar refractivity (Wildman–Crippen MR) is 97.9 cm³/mol. The Hall–Kier alpha value is -1.06. The molecule has 0 heterocycles. The Balaban J connectivity index is 4.02. The molecule has 0 aromatic heterocycles. The number of esters is 2. The number of carbonyl (C=O) groups excluding carboxylic acids is 2. The minimum absolute atomic E-state index is 0.161. The molecule has 4 heteroatoms. The van der Waals surface area contributed by atoms with Gasteiger partial charge in [0.05, 0.1) is 0 Å². The number of ether oxygens (including phenoxy) is 2. The highest BCUT2D eigenvalue weighted by molar-refractivity contribution is 5.70. The van der Waals surface area contributed by atoms with Gasteiger partial charge in [-0.15, -0.1) is 0 Å². The Bertz CT molecular complexity index is 315. The smallest absolute Gasteiger partial charge is 0.306 e. The second-order valence-electron chi connectivity index (χ2n) is 6.56. The van der Waals surface area contributed by atoms with Gasteiger partial charge < -0.3 is 9.47 Å². The number of unbranched alkanes of at least 4 members (excludes halogenated alkanes) is 7. The standard InChI is InChI=1S/C20H38O4/c1-4-7-10-12-15-19(21)23-17-18(14-9-6-3)24-20(22)16-13-11-8-5-2/h18H,4-17H2,1-3H3. The first kappa shape index (κ1) is 22.9. The summed E-state index contributed by atoms with van der Waals surface area (Å²) in [6.45, 7) is 6.60. The fraction of sp³-hybridized carbons (Fsp3) is 0.900. The molecule has 1 atom stereocenters. The third-order valence-electron chi connectivity index (χ3n) is 4.08. The zero-order valence-corrected chi connectivity index (χ0v) is 16.1. The van der Waals surface area contributed by atoms with Gasteiger partial charge in [-0.05, 0) is 25.7 Å². The van der Waals surface area contributed by atoms with Crippen LogP contribution in [0.25, 0.3) is 0 Å². The van der Waals surface area contributed by atoms with Crippen LogP contribution in [0.4, 0.5) is 0 Å². The zero-order chi connectivity index (χ0) is 18.0. The highest BCUT2D eigenvalue weighted by atomic mass is 16.6. The van der Waals surface area contributed by atoms with Crippen LogP contribution in [0.15, 0.2) is 0 Å². The topological polar surface area (TPSA) is 52.6 Å². The third kappa shape index (κ3) is 14.5. The summed E-state index contributed by atoms with van der Waals surface area (Å²) < 4.78 is 10.8. The summed E-state index contributed by atoms with van der Waals surface area (Å²) in [6, 6.07) is 0. The maximum absolute atomic E-state index is 11.9. The van der Waals surface area contributed by atoms with E-state index in [9.17, 15) is 9.59 Å². The molecule has 0 saturated heterocycles. The van der Waals surface area contributed by atoms with Gasteiger partial charge in [0, 0.05) is 12.8 Å². The summed E-state index contributed by atoms with van der Waals surface area (Å²) in [5.41, 5.74) is 0. The molecule has 0 bridgehead atoms. The summed E-state index contributed by atoms with van der Waals surface area (Å²) in [5, 5.41) is 0. The SMILES string of the molecule is CCCCCCC(=O)OCC(CCCC)OC(=O)CCCCCC. The number of hydrogen-bond donors (Lipinski definition) is 0. The molecule has 0 saturated carbocycles. The first-order valence-corrected chi connectivity index (χ1v) is 9.99. The van der Waals surface area contributed by atoms with E-state index in [1.165, 1.54) is 0 Å². The third-order valence-corrected chi connectivity index (χ3v) is 4.08. The summed E-state index contributed by atoms with van der Waals surface area (Å²) in [6.07, 6.45) is 11.9. The Labute approximate surface area is 148 Å². The zero-order valence-electron chi connectivity index (χ0n) is 16.1. The van der Waals surface area contributed by atoms with Gasteiger partial charge in [0.2, 0.25) is 0 Å². The van der Waals surface area contributed by atoms with Crippen molar-refractivity contribution < 1.29 is 19.1 Å². The first-order chi connectivity index (χ1) is 11.6. The summed E-state index contributed by atoms with van der Waals surface area (Å²) >= 11 is 0. The van der Waals surface area contributed by atoms with Crippen LogP contribution in [-0.4, -0.2) is 24.6 Å². The summed E-state index contributed by atoms with van der Waals surface area (Å²) in [5.74, 6) is -0.335. The van der Waals surface area contributed by atoms with Crippen molar-refractivity contribution in [1.29, 1.82) is 0 Å². The predicted octanol–water partition coefficient (Wildman–Crippen LogP) is 5.57. The molecule has 0 spiro atoms. The minimum atomic E-state index is -0.289. The lowest BCUT2D eigenvalue weighted by Gasteiger charge is -2.18. The van der Waals surface area contributed by atoms with E-state index >= 15 is 0 Å². The van der Waals surface area contributed by atoms with Crippen molar-refractivity contribution in [3.8, 4) is 0 Å². The molecule has 0 radical (unpaired) electrons. The summed E-state index contributed by atoms with van der Waals surface area (Å²) in [7, 11) is 0. The van der Waals surface area contributed by atoms with Crippen LogP contribution in [-0.2, 0) is 19.1 Å². The van der Waals surface area contributed by atoms with Crippen LogP contribution in [0.3, 0.4) is 0 Å². The average Bonchev–Trinajstić information content (AvgIpc) is 2.58. The van der Waals surface area contributed by atoms with E-state index in [1.807, 2.05) is 0 Å². The van der Waals surface area contributed by atoms with E-state index in [-0.39, 0.29) is 24.6 Å². The van der Waals surface area contributed by atoms with Crippen molar-refractivity contribution in [3.63, 3.8) is 0 Å². The molecule has 0 aliphatic rings. The van der Waals surface area contributed by atoms with Crippen LogP contribution < -0.4 is 0 Å². The van der Waals surface area contributed by atoms with E-state index in [0.717, 1.165) is 70.6 Å². The maximum Gasteiger partial charge on any atom is 0.306 e. The van der Waals surface area contributed by atoms with Gasteiger partial charge in [0.1, 0.15) is 12.7 Å². The lowest BCUT2D eigenvalue weighted by molar-refractivity contribution is -0.159. The Morgan fingerprint density at radius 1 is 0.708 bits per heavy atom. The van der Waals surface area contributed by atoms with Gasteiger partial charge in [0.25, 0.3) is 0 Å². The number of hydrogen-bond acceptors (Lipinski definition) is 4. The molecule has 0 fully saturated rings. The monoisotopic (exact) mass is 342 g/mol. The Kier molecular flexibility index (Phi) is 16.0. The van der Waals surface area contributed by atoms with Gasteiger partial charge in [-0.1, -0.05) is 65.7 Å². The van der Waals surface area contributed by atoms with Gasteiger partial charge in [-0.25, -0.2) is 0 Å². The van der Waals surface area contributed by atoms with Gasteiger partial charge in [0.15, 0.2) is 0 Å². The van der Waals surface area contributed by atoms with Crippen molar-refractivity contribution in [1.82, 2.24) is 0 Å². The van der Waals surface area contributed by atoms with Crippen LogP contribution >= 0.6 is 0 Å². The largest absolute Gasteiger partial charge is 0.462 e. The quantitative estimate of drug-likeness (QED) is 0.272. The van der Waals surface area contributed by atoms with Gasteiger partial charge >= 0.3 is 11.9 Å². The molecule has 0 rings (SSSR count). The van der Waals surface area contributed by atoms with Gasteiger partial charge in [-0.2, -0.15) is 0 Å². The lowest BCUT2D eigenvalue weighted by Crippen LogP contribution is -2.25. The van der Waals surface area contributed by atoms with Crippen molar-refractivity contribution in [2.24, 2.45) is 0 Å².